The molecule has 0 saturated carbocycles. The van der Waals surface area contributed by atoms with Gasteiger partial charge in [0.05, 0.1) is 31.2 Å². The van der Waals surface area contributed by atoms with Gasteiger partial charge in [0.25, 0.3) is 0 Å². The Hall–Kier alpha value is -3.20. The van der Waals surface area contributed by atoms with Crippen LogP contribution in [0.1, 0.15) is 85.8 Å². The summed E-state index contributed by atoms with van der Waals surface area (Å²) >= 11 is 0. The van der Waals surface area contributed by atoms with Crippen molar-refractivity contribution in [3.8, 4) is 23.1 Å². The molecule has 0 aliphatic heterocycles. The number of hydrogen-bond acceptors (Lipinski definition) is 6. The predicted molar refractivity (Wildman–Crippen MR) is 169 cm³/mol. The van der Waals surface area contributed by atoms with E-state index in [0.29, 0.717) is 22.3 Å². The van der Waals surface area contributed by atoms with Crippen molar-refractivity contribution in [2.75, 3.05) is 32.6 Å². The first-order valence-electron chi connectivity index (χ1n) is 16.1. The van der Waals surface area contributed by atoms with Crippen molar-refractivity contribution >= 4 is 16.6 Å². The number of anilines is 1. The second-order valence-electron chi connectivity index (χ2n) is 11.4. The molecule has 1 atom stereocenters. The summed E-state index contributed by atoms with van der Waals surface area (Å²) in [6.45, 7) is 14.2. The molecular weight excluding hydrogens is 555 g/mol. The molecule has 0 amide bonds. The maximum atomic E-state index is 14.0. The largest absolute Gasteiger partial charge is 0.493 e. The number of halogens is 3. The van der Waals surface area contributed by atoms with Gasteiger partial charge in [-0.25, -0.2) is 4.98 Å². The van der Waals surface area contributed by atoms with Crippen molar-refractivity contribution in [2.24, 2.45) is 0 Å². The first-order chi connectivity index (χ1) is 21.1. The van der Waals surface area contributed by atoms with Gasteiger partial charge in [0, 0.05) is 32.5 Å². The van der Waals surface area contributed by atoms with Crippen LogP contribution in [0.4, 0.5) is 18.9 Å². The summed E-state index contributed by atoms with van der Waals surface area (Å²) in [6, 6.07) is 4.11. The maximum absolute atomic E-state index is 14.0. The van der Waals surface area contributed by atoms with E-state index in [1.54, 1.807) is 33.8 Å². The predicted octanol–water partition coefficient (Wildman–Crippen LogP) is 8.93. The van der Waals surface area contributed by atoms with Crippen molar-refractivity contribution in [3.05, 3.63) is 46.0 Å². The van der Waals surface area contributed by atoms with Gasteiger partial charge in [0.1, 0.15) is 11.3 Å². The van der Waals surface area contributed by atoms with E-state index in [1.165, 1.54) is 27.0 Å². The van der Waals surface area contributed by atoms with E-state index in [-0.39, 0.29) is 45.2 Å². The quantitative estimate of drug-likeness (QED) is 0.196. The summed E-state index contributed by atoms with van der Waals surface area (Å²) < 4.78 is 86.5. The molecule has 0 spiro atoms. The topological polar surface area (TPSA) is 55.9 Å². The number of alkyl halides is 3. The van der Waals surface area contributed by atoms with Gasteiger partial charge in [-0.05, 0) is 98.0 Å². The lowest BCUT2D eigenvalue weighted by Crippen LogP contribution is -2.44. The highest BCUT2D eigenvalue weighted by Crippen LogP contribution is 2.49. The molecule has 9 heteroatoms. The number of nitrogens with one attached hydrogen (secondary N) is 1. The monoisotopic (exact) mass is 606 g/mol. The Balaban J connectivity index is 2.56. The van der Waals surface area contributed by atoms with Gasteiger partial charge >= 0.3 is 6.18 Å². The first-order valence-corrected chi connectivity index (χ1v) is 14.6. The van der Waals surface area contributed by atoms with Crippen LogP contribution < -0.4 is 24.4 Å². The lowest BCUT2D eigenvalue weighted by Gasteiger charge is -2.41. The number of rotatable bonds is 13. The average molecular weight is 607 g/mol. The van der Waals surface area contributed by atoms with Gasteiger partial charge in [-0.3, -0.25) is 0 Å². The highest BCUT2D eigenvalue weighted by atomic mass is 19.4. The van der Waals surface area contributed by atoms with Crippen LogP contribution >= 0.6 is 0 Å². The van der Waals surface area contributed by atoms with Gasteiger partial charge in [0.15, 0.2) is 11.5 Å². The molecule has 1 aromatic heterocycles. The van der Waals surface area contributed by atoms with Crippen LogP contribution in [0.15, 0.2) is 18.2 Å². The third-order valence-corrected chi connectivity index (χ3v) is 8.32. The Morgan fingerprint density at radius 2 is 1.79 bits per heavy atom. The number of methoxy groups -OCH3 is 1. The maximum Gasteiger partial charge on any atom is 0.416 e. The number of aryl methyl sites for hydroxylation is 2. The number of pyridine rings is 1. The zero-order valence-electron chi connectivity index (χ0n) is 30.3. The third kappa shape index (κ3) is 6.97. The Labute approximate surface area is 259 Å². The lowest BCUT2D eigenvalue weighted by molar-refractivity contribution is -0.138. The summed E-state index contributed by atoms with van der Waals surface area (Å²) in [5, 5.41) is 3.45. The fourth-order valence-corrected chi connectivity index (χ4v) is 5.47. The molecule has 0 bridgehead atoms. The second kappa shape index (κ2) is 13.6. The minimum absolute atomic E-state index is 0.00567. The zero-order chi connectivity index (χ0) is 35.0. The van der Waals surface area contributed by atoms with E-state index in [4.69, 9.17) is 23.3 Å². The molecule has 1 heterocycles. The Morgan fingerprint density at radius 3 is 2.33 bits per heavy atom. The van der Waals surface area contributed by atoms with Crippen LogP contribution in [0.25, 0.3) is 10.9 Å². The van der Waals surface area contributed by atoms with Crippen LogP contribution in [-0.4, -0.2) is 44.4 Å². The molecule has 0 aliphatic carbocycles. The molecule has 1 N–H and O–H groups in total. The standard InChI is InChI=1S/C34H48F3N3O3/c1-12-24-22(6)32(42-20(3)4)39-29-26(40(10)33(8,13-2)17-14-18-38-9)19-27(41-11)31(28(24)29)43-30-21(5)15-16-25(23(30)7)34(35,36)37/h15-16,19-20,38H,12-14,17-18H2,1-11H3/i12D2,20D. The molecule has 0 aliphatic rings. The second-order valence-corrected chi connectivity index (χ2v) is 11.4. The van der Waals surface area contributed by atoms with Crippen molar-refractivity contribution in [1.82, 2.24) is 10.3 Å². The van der Waals surface area contributed by atoms with E-state index in [2.05, 4.69) is 24.1 Å². The molecule has 238 valence electrons. The zero-order valence-corrected chi connectivity index (χ0v) is 27.3. The number of ether oxygens (including phenoxy) is 3. The Morgan fingerprint density at radius 1 is 1.12 bits per heavy atom. The van der Waals surface area contributed by atoms with Crippen LogP contribution in [0.2, 0.25) is 0 Å². The van der Waals surface area contributed by atoms with Crippen LogP contribution in [0.3, 0.4) is 0 Å². The summed E-state index contributed by atoms with van der Waals surface area (Å²) in [6.07, 6.45) is -5.50. The normalized spacial score (nSPS) is 15.0. The fourth-order valence-electron chi connectivity index (χ4n) is 5.47. The van der Waals surface area contributed by atoms with Gasteiger partial charge in [-0.15, -0.1) is 0 Å². The van der Waals surface area contributed by atoms with Crippen LogP contribution in [0.5, 0.6) is 23.1 Å². The van der Waals surface area contributed by atoms with E-state index in [0.717, 1.165) is 31.9 Å². The Kier molecular flexibility index (Phi) is 9.46. The smallest absolute Gasteiger partial charge is 0.416 e. The molecule has 0 saturated heterocycles. The molecule has 2 aromatic carbocycles. The summed E-state index contributed by atoms with van der Waals surface area (Å²) in [5.74, 6) is 0.328. The molecular formula is C34H48F3N3O3. The van der Waals surface area contributed by atoms with E-state index in [1.807, 2.05) is 14.1 Å². The van der Waals surface area contributed by atoms with Gasteiger partial charge in [0.2, 0.25) is 5.88 Å². The van der Waals surface area contributed by atoms with Crippen LogP contribution in [-0.2, 0) is 12.5 Å². The number of nitrogens with zero attached hydrogens (tertiary/aromatic N) is 2. The van der Waals surface area contributed by atoms with Crippen molar-refractivity contribution < 1.29 is 31.5 Å². The number of aromatic nitrogens is 1. The van der Waals surface area contributed by atoms with Crippen LogP contribution in [0, 0.1) is 20.8 Å². The Bertz CT molecular complexity index is 1570. The number of fused-ring (bicyclic) bond motifs is 1. The van der Waals surface area contributed by atoms with Crippen molar-refractivity contribution in [1.29, 1.82) is 0 Å². The fraction of sp³-hybridized carbons (Fsp3) is 0.559. The summed E-state index contributed by atoms with van der Waals surface area (Å²) in [4.78, 5) is 6.99. The minimum atomic E-state index is -4.61. The van der Waals surface area contributed by atoms with Gasteiger partial charge < -0.3 is 24.4 Å². The number of hydrogen-bond donors (Lipinski definition) is 1. The summed E-state index contributed by atoms with van der Waals surface area (Å²) in [5.41, 5.74) is 0.608. The molecule has 43 heavy (non-hydrogen) atoms. The van der Waals surface area contributed by atoms with E-state index < -0.39 is 24.2 Å². The van der Waals surface area contributed by atoms with Crippen molar-refractivity contribution in [2.45, 2.75) is 98.8 Å². The molecule has 6 nitrogen and oxygen atoms in total. The molecule has 3 aromatic rings. The SMILES string of the molecule is [2H]C(C)(C)Oc1nc2c(N(C)C(C)(CC)CCCNC)cc(OC)c(Oc3c(C)ccc(C(F)(F)F)c3C)c2c(C([2H])([2H])C)c1C. The third-order valence-electron chi connectivity index (χ3n) is 8.32. The van der Waals surface area contributed by atoms with E-state index >= 15 is 0 Å². The molecule has 0 fully saturated rings. The summed E-state index contributed by atoms with van der Waals surface area (Å²) in [7, 11) is 5.28. The highest BCUT2D eigenvalue weighted by molar-refractivity contribution is 6.01. The molecule has 0 radical (unpaired) electrons. The molecule has 3 rings (SSSR count). The first kappa shape index (κ1) is 29.9. The average Bonchev–Trinajstić information content (AvgIpc) is 2.93. The van der Waals surface area contributed by atoms with Crippen molar-refractivity contribution in [3.63, 3.8) is 0 Å². The van der Waals surface area contributed by atoms with Gasteiger partial charge in [-0.2, -0.15) is 13.2 Å². The highest BCUT2D eigenvalue weighted by Gasteiger charge is 2.35. The number of benzene rings is 2. The molecule has 1 unspecified atom stereocenters. The lowest BCUT2D eigenvalue weighted by atomic mass is 9.89. The minimum Gasteiger partial charge on any atom is -0.493 e. The van der Waals surface area contributed by atoms with E-state index in [9.17, 15) is 13.2 Å². The van der Waals surface area contributed by atoms with Gasteiger partial charge in [-0.1, -0.05) is 19.9 Å².